The fourth-order valence-electron chi connectivity index (χ4n) is 3.21. The second kappa shape index (κ2) is 15.8. The number of ether oxygens (including phenoxy) is 3. The summed E-state index contributed by atoms with van der Waals surface area (Å²) >= 11 is 6.17. The quantitative estimate of drug-likeness (QED) is 0.178. The minimum atomic E-state index is 0. The number of anilines is 1. The molecule has 1 aliphatic rings. The highest BCUT2D eigenvalue weighted by Gasteiger charge is 2.25. The molecule has 9 heteroatoms. The summed E-state index contributed by atoms with van der Waals surface area (Å²) in [5.74, 6) is 1.63. The van der Waals surface area contributed by atoms with Crippen molar-refractivity contribution < 1.29 is 14.2 Å². The number of aliphatic imine (C=N–C) groups is 1. The lowest BCUT2D eigenvalue weighted by atomic mass is 10.2. The Hall–Kier alpha value is -0.970. The lowest BCUT2D eigenvalue weighted by Crippen LogP contribution is -2.45. The molecule has 7 nitrogen and oxygen atoms in total. The van der Waals surface area contributed by atoms with Crippen LogP contribution >= 0.6 is 35.6 Å². The number of hydrogen-bond donors (Lipinski definition) is 2. The third-order valence-electron chi connectivity index (χ3n) is 4.79. The van der Waals surface area contributed by atoms with Gasteiger partial charge in [0, 0.05) is 44.4 Å². The molecule has 0 aliphatic carbocycles. The van der Waals surface area contributed by atoms with Crippen molar-refractivity contribution >= 4 is 47.2 Å². The lowest BCUT2D eigenvalue weighted by Gasteiger charge is -2.22. The minimum Gasteiger partial charge on any atom is -0.495 e. The second-order valence-electron chi connectivity index (χ2n) is 6.97. The predicted octanol–water partition coefficient (Wildman–Crippen LogP) is 3.54. The molecule has 0 spiro atoms. The number of guanidine groups is 1. The molecule has 1 saturated heterocycles. The molecule has 1 fully saturated rings. The zero-order valence-electron chi connectivity index (χ0n) is 18.3. The molecule has 1 aromatic rings. The largest absolute Gasteiger partial charge is 0.495 e. The van der Waals surface area contributed by atoms with Crippen LogP contribution in [0.2, 0.25) is 5.02 Å². The van der Waals surface area contributed by atoms with Crippen LogP contribution in [-0.2, 0) is 9.47 Å². The summed E-state index contributed by atoms with van der Waals surface area (Å²) in [6.45, 7) is 7.36. The maximum atomic E-state index is 6.17. The van der Waals surface area contributed by atoms with Gasteiger partial charge in [-0.05, 0) is 31.0 Å². The van der Waals surface area contributed by atoms with Crippen molar-refractivity contribution in [1.82, 2.24) is 10.6 Å². The van der Waals surface area contributed by atoms with Crippen LogP contribution in [0.4, 0.5) is 5.69 Å². The monoisotopic (exact) mass is 554 g/mol. The molecular formula is C21H36ClIN4O3. The van der Waals surface area contributed by atoms with E-state index in [2.05, 4.69) is 27.4 Å². The number of benzene rings is 1. The number of halogens is 2. The van der Waals surface area contributed by atoms with Gasteiger partial charge in [-0.3, -0.25) is 4.99 Å². The molecular weight excluding hydrogens is 519 g/mol. The van der Waals surface area contributed by atoms with Gasteiger partial charge in [-0.1, -0.05) is 24.9 Å². The first-order valence-corrected chi connectivity index (χ1v) is 10.8. The summed E-state index contributed by atoms with van der Waals surface area (Å²) in [5.41, 5.74) is 1.03. The molecule has 30 heavy (non-hydrogen) atoms. The van der Waals surface area contributed by atoms with Gasteiger partial charge < -0.3 is 29.7 Å². The van der Waals surface area contributed by atoms with Crippen LogP contribution in [0, 0.1) is 0 Å². The number of unbranched alkanes of at least 4 members (excludes halogenated alkanes) is 1. The molecule has 2 rings (SSSR count). The Morgan fingerprint density at radius 2 is 2.00 bits per heavy atom. The standard InChI is InChI=1S/C21H35ClN4O3.HI/c1-4-5-11-28-13-14-29-12-9-24-21(23-2)25-18-8-10-26(16-18)19-15-17(22)6-7-20(19)27-3;/h6-7,15,18H,4-5,8-14,16H2,1-3H3,(H2,23,24,25);1H. The van der Waals surface area contributed by atoms with Gasteiger partial charge in [0.05, 0.1) is 32.6 Å². The zero-order chi connectivity index (χ0) is 20.9. The topological polar surface area (TPSA) is 67.4 Å². The zero-order valence-corrected chi connectivity index (χ0v) is 21.4. The smallest absolute Gasteiger partial charge is 0.191 e. The first-order chi connectivity index (χ1) is 14.2. The fraction of sp³-hybridized carbons (Fsp3) is 0.667. The van der Waals surface area contributed by atoms with Crippen molar-refractivity contribution in [1.29, 1.82) is 0 Å². The minimum absolute atomic E-state index is 0. The van der Waals surface area contributed by atoms with Crippen LogP contribution < -0.4 is 20.3 Å². The Bertz CT molecular complexity index is 636. The third-order valence-corrected chi connectivity index (χ3v) is 5.02. The molecule has 0 radical (unpaired) electrons. The molecule has 1 atom stereocenters. The molecule has 0 aromatic heterocycles. The number of nitrogens with one attached hydrogen (secondary N) is 2. The van der Waals surface area contributed by atoms with Crippen molar-refractivity contribution in [2.45, 2.75) is 32.2 Å². The predicted molar refractivity (Wildman–Crippen MR) is 135 cm³/mol. The highest BCUT2D eigenvalue weighted by atomic mass is 127. The molecule has 0 saturated carbocycles. The molecule has 0 amide bonds. The third kappa shape index (κ3) is 9.45. The van der Waals surface area contributed by atoms with Crippen LogP contribution in [0.1, 0.15) is 26.2 Å². The van der Waals surface area contributed by atoms with Crippen LogP contribution in [0.15, 0.2) is 23.2 Å². The van der Waals surface area contributed by atoms with Gasteiger partial charge in [0.25, 0.3) is 0 Å². The summed E-state index contributed by atoms with van der Waals surface area (Å²) < 4.78 is 16.5. The summed E-state index contributed by atoms with van der Waals surface area (Å²) in [6.07, 6.45) is 3.27. The SMILES string of the molecule is CCCCOCCOCCNC(=NC)NC1CCN(c2cc(Cl)ccc2OC)C1.I. The van der Waals surface area contributed by atoms with Gasteiger partial charge in [-0.25, -0.2) is 0 Å². The average Bonchev–Trinajstić information content (AvgIpc) is 3.20. The van der Waals surface area contributed by atoms with E-state index in [0.717, 1.165) is 56.4 Å². The molecule has 1 aromatic carbocycles. The first kappa shape index (κ1) is 27.1. The Balaban J connectivity index is 0.00000450. The van der Waals surface area contributed by atoms with Gasteiger partial charge in [0.2, 0.25) is 0 Å². The molecule has 1 heterocycles. The van der Waals surface area contributed by atoms with Crippen LogP contribution in [0.25, 0.3) is 0 Å². The van der Waals surface area contributed by atoms with E-state index in [4.69, 9.17) is 25.8 Å². The summed E-state index contributed by atoms with van der Waals surface area (Å²) in [4.78, 5) is 6.60. The van der Waals surface area contributed by atoms with Crippen molar-refractivity contribution in [3.63, 3.8) is 0 Å². The Labute approximate surface area is 202 Å². The Morgan fingerprint density at radius 3 is 2.70 bits per heavy atom. The van der Waals surface area contributed by atoms with Crippen LogP contribution in [0.5, 0.6) is 5.75 Å². The van der Waals surface area contributed by atoms with Crippen molar-refractivity contribution in [3.05, 3.63) is 23.2 Å². The van der Waals surface area contributed by atoms with Gasteiger partial charge >= 0.3 is 0 Å². The Morgan fingerprint density at radius 1 is 1.23 bits per heavy atom. The van der Waals surface area contributed by atoms with E-state index in [1.807, 2.05) is 18.2 Å². The number of rotatable bonds is 12. The molecule has 1 unspecified atom stereocenters. The molecule has 172 valence electrons. The summed E-state index contributed by atoms with van der Waals surface area (Å²) in [5, 5.41) is 7.50. The first-order valence-electron chi connectivity index (χ1n) is 10.4. The van der Waals surface area contributed by atoms with E-state index in [0.29, 0.717) is 37.4 Å². The van der Waals surface area contributed by atoms with E-state index >= 15 is 0 Å². The number of methoxy groups -OCH3 is 1. The molecule has 2 N–H and O–H groups in total. The molecule has 0 bridgehead atoms. The van der Waals surface area contributed by atoms with Gasteiger partial charge in [-0.15, -0.1) is 24.0 Å². The van der Waals surface area contributed by atoms with E-state index in [9.17, 15) is 0 Å². The maximum absolute atomic E-state index is 6.17. The van der Waals surface area contributed by atoms with Crippen molar-refractivity contribution in [2.75, 3.05) is 65.1 Å². The average molecular weight is 555 g/mol. The number of hydrogen-bond acceptors (Lipinski definition) is 5. The normalized spacial score (nSPS) is 16.3. The fourth-order valence-corrected chi connectivity index (χ4v) is 3.37. The summed E-state index contributed by atoms with van der Waals surface area (Å²) in [7, 11) is 3.47. The van der Waals surface area contributed by atoms with Crippen molar-refractivity contribution in [3.8, 4) is 5.75 Å². The van der Waals surface area contributed by atoms with E-state index < -0.39 is 0 Å². The molecule has 1 aliphatic heterocycles. The summed E-state index contributed by atoms with van der Waals surface area (Å²) in [6, 6.07) is 6.02. The van der Waals surface area contributed by atoms with Crippen LogP contribution in [0.3, 0.4) is 0 Å². The van der Waals surface area contributed by atoms with E-state index in [1.165, 1.54) is 0 Å². The van der Waals surface area contributed by atoms with E-state index in [1.54, 1.807) is 14.2 Å². The highest BCUT2D eigenvalue weighted by Crippen LogP contribution is 2.33. The van der Waals surface area contributed by atoms with Gasteiger partial charge in [-0.2, -0.15) is 0 Å². The number of nitrogens with zero attached hydrogens (tertiary/aromatic N) is 2. The lowest BCUT2D eigenvalue weighted by molar-refractivity contribution is 0.0487. The maximum Gasteiger partial charge on any atom is 0.191 e. The second-order valence-corrected chi connectivity index (χ2v) is 7.41. The van der Waals surface area contributed by atoms with Gasteiger partial charge in [0.15, 0.2) is 5.96 Å². The Kier molecular flexibility index (Phi) is 14.2. The van der Waals surface area contributed by atoms with Gasteiger partial charge in [0.1, 0.15) is 5.75 Å². The van der Waals surface area contributed by atoms with E-state index in [-0.39, 0.29) is 24.0 Å². The van der Waals surface area contributed by atoms with Crippen LogP contribution in [-0.4, -0.2) is 72.2 Å². The van der Waals surface area contributed by atoms with Crippen molar-refractivity contribution in [2.24, 2.45) is 4.99 Å². The highest BCUT2D eigenvalue weighted by molar-refractivity contribution is 14.0.